The van der Waals surface area contributed by atoms with Crippen molar-refractivity contribution < 1.29 is 19.1 Å². The molecule has 7 heteroatoms. The molecule has 7 nitrogen and oxygen atoms in total. The molecule has 0 saturated carbocycles. The van der Waals surface area contributed by atoms with E-state index in [0.717, 1.165) is 12.0 Å². The van der Waals surface area contributed by atoms with Gasteiger partial charge in [0, 0.05) is 37.4 Å². The summed E-state index contributed by atoms with van der Waals surface area (Å²) in [6.45, 7) is 7.45. The smallest absolute Gasteiger partial charge is 0.410 e. The van der Waals surface area contributed by atoms with Gasteiger partial charge in [-0.25, -0.2) is 9.59 Å². The van der Waals surface area contributed by atoms with Crippen LogP contribution >= 0.6 is 0 Å². The molecule has 1 unspecified atom stereocenters. The Kier molecular flexibility index (Phi) is 4.41. The molecule has 2 fully saturated rings. The van der Waals surface area contributed by atoms with Gasteiger partial charge in [-0.2, -0.15) is 0 Å². The Balaban J connectivity index is 1.69. The molecule has 2 heterocycles. The van der Waals surface area contributed by atoms with E-state index in [2.05, 4.69) is 0 Å². The van der Waals surface area contributed by atoms with Gasteiger partial charge in [0.15, 0.2) is 0 Å². The molecular weight excluding hydrogens is 322 g/mol. The van der Waals surface area contributed by atoms with Crippen LogP contribution in [0, 0.1) is 0 Å². The zero-order valence-electron chi connectivity index (χ0n) is 14.8. The third kappa shape index (κ3) is 3.60. The van der Waals surface area contributed by atoms with Crippen molar-refractivity contribution in [1.82, 2.24) is 9.80 Å². The molecule has 0 spiro atoms. The van der Waals surface area contributed by atoms with Gasteiger partial charge < -0.3 is 14.5 Å². The second-order valence-electron chi connectivity index (χ2n) is 7.38. The predicted molar refractivity (Wildman–Crippen MR) is 92.9 cm³/mol. The lowest BCUT2D eigenvalue weighted by molar-refractivity contribution is 0.0128. The third-order valence-electron chi connectivity index (χ3n) is 4.35. The van der Waals surface area contributed by atoms with Gasteiger partial charge >= 0.3 is 12.1 Å². The minimum atomic E-state index is -0.536. The van der Waals surface area contributed by atoms with Gasteiger partial charge in [-0.1, -0.05) is 0 Å². The molecule has 1 aromatic carbocycles. The van der Waals surface area contributed by atoms with Crippen LogP contribution in [0.25, 0.3) is 0 Å². The summed E-state index contributed by atoms with van der Waals surface area (Å²) in [5.74, 6) is 0. The van der Waals surface area contributed by atoms with Crippen molar-refractivity contribution in [1.29, 1.82) is 0 Å². The number of fused-ring (bicyclic) bond motifs is 1. The fourth-order valence-electron chi connectivity index (χ4n) is 3.15. The molecule has 0 aliphatic carbocycles. The van der Waals surface area contributed by atoms with Crippen LogP contribution in [0.4, 0.5) is 15.3 Å². The zero-order chi connectivity index (χ0) is 18.2. The lowest BCUT2D eigenvalue weighted by atomic mass is 10.2. The van der Waals surface area contributed by atoms with Crippen molar-refractivity contribution in [2.75, 3.05) is 31.1 Å². The van der Waals surface area contributed by atoms with E-state index in [1.165, 1.54) is 0 Å². The summed E-state index contributed by atoms with van der Waals surface area (Å²) < 4.78 is 5.43. The molecule has 134 valence electrons. The Hall–Kier alpha value is -2.57. The fraction of sp³-hybridized carbons (Fsp3) is 0.500. The highest BCUT2D eigenvalue weighted by Crippen LogP contribution is 2.27. The van der Waals surface area contributed by atoms with E-state index < -0.39 is 5.60 Å². The van der Waals surface area contributed by atoms with E-state index in [-0.39, 0.29) is 18.2 Å². The minimum absolute atomic E-state index is 0.0560. The van der Waals surface area contributed by atoms with E-state index in [4.69, 9.17) is 4.74 Å². The van der Waals surface area contributed by atoms with Gasteiger partial charge in [0.1, 0.15) is 11.9 Å². The number of benzene rings is 1. The van der Waals surface area contributed by atoms with Crippen LogP contribution in [0.5, 0.6) is 0 Å². The summed E-state index contributed by atoms with van der Waals surface area (Å²) in [5.41, 5.74) is 0.796. The number of aldehydes is 1. The van der Waals surface area contributed by atoms with Crippen LogP contribution in [0.15, 0.2) is 24.3 Å². The monoisotopic (exact) mass is 345 g/mol. The molecule has 25 heavy (non-hydrogen) atoms. The first kappa shape index (κ1) is 17.3. The van der Waals surface area contributed by atoms with Gasteiger partial charge in [0.05, 0.1) is 6.04 Å². The van der Waals surface area contributed by atoms with E-state index >= 15 is 0 Å². The lowest BCUT2D eigenvalue weighted by Crippen LogP contribution is -2.54. The highest BCUT2D eigenvalue weighted by Gasteiger charge is 2.42. The quantitative estimate of drug-likeness (QED) is 0.772. The van der Waals surface area contributed by atoms with E-state index in [1.807, 2.05) is 20.8 Å². The fourth-order valence-corrected chi connectivity index (χ4v) is 3.15. The average molecular weight is 345 g/mol. The first-order chi connectivity index (χ1) is 11.8. The van der Waals surface area contributed by atoms with Gasteiger partial charge in [-0.15, -0.1) is 0 Å². The summed E-state index contributed by atoms with van der Waals surface area (Å²) in [4.78, 5) is 40.8. The van der Waals surface area contributed by atoms with Crippen molar-refractivity contribution in [3.63, 3.8) is 0 Å². The maximum atomic E-state index is 12.6. The summed E-state index contributed by atoms with van der Waals surface area (Å²) in [7, 11) is 0. The van der Waals surface area contributed by atoms with Crippen LogP contribution in [-0.4, -0.2) is 66.0 Å². The number of carbonyl (C=O) groups excluding carboxylic acids is 3. The summed E-state index contributed by atoms with van der Waals surface area (Å²) >= 11 is 0. The van der Waals surface area contributed by atoms with Crippen molar-refractivity contribution in [2.24, 2.45) is 0 Å². The number of carbonyl (C=O) groups is 3. The van der Waals surface area contributed by atoms with Gasteiger partial charge in [0.2, 0.25) is 0 Å². The molecule has 3 rings (SSSR count). The second-order valence-corrected chi connectivity index (χ2v) is 7.38. The number of ether oxygens (including phenoxy) is 1. The number of amides is 3. The number of hydrogen-bond donors (Lipinski definition) is 0. The number of piperazine rings is 1. The first-order valence-corrected chi connectivity index (χ1v) is 8.40. The SMILES string of the molecule is CC(C)(C)OC(=O)N1CCN2C(=O)N(c3ccc(C=O)cc3)CC2C1. The number of nitrogens with zero attached hydrogens (tertiary/aromatic N) is 3. The van der Waals surface area contributed by atoms with Crippen LogP contribution in [0.1, 0.15) is 31.1 Å². The number of hydrogen-bond acceptors (Lipinski definition) is 4. The van der Waals surface area contributed by atoms with Gasteiger partial charge in [-0.05, 0) is 45.0 Å². The van der Waals surface area contributed by atoms with Crippen molar-refractivity contribution in [3.05, 3.63) is 29.8 Å². The van der Waals surface area contributed by atoms with Crippen molar-refractivity contribution in [2.45, 2.75) is 32.4 Å². The second kappa shape index (κ2) is 6.38. The Morgan fingerprint density at radius 3 is 2.44 bits per heavy atom. The van der Waals surface area contributed by atoms with Gasteiger partial charge in [-0.3, -0.25) is 9.69 Å². The van der Waals surface area contributed by atoms with E-state index in [0.29, 0.717) is 31.7 Å². The molecule has 2 saturated heterocycles. The maximum Gasteiger partial charge on any atom is 0.410 e. The Morgan fingerprint density at radius 1 is 1.16 bits per heavy atom. The number of rotatable bonds is 2. The van der Waals surface area contributed by atoms with Crippen LogP contribution in [-0.2, 0) is 4.74 Å². The molecule has 2 aliphatic rings. The normalized spacial score (nSPS) is 20.5. The summed E-state index contributed by atoms with van der Waals surface area (Å²) in [6, 6.07) is 6.81. The Morgan fingerprint density at radius 2 is 1.84 bits per heavy atom. The van der Waals surface area contributed by atoms with Crippen molar-refractivity contribution >= 4 is 24.1 Å². The highest BCUT2D eigenvalue weighted by atomic mass is 16.6. The van der Waals surface area contributed by atoms with Gasteiger partial charge in [0.25, 0.3) is 0 Å². The van der Waals surface area contributed by atoms with Crippen LogP contribution < -0.4 is 4.90 Å². The minimum Gasteiger partial charge on any atom is -0.444 e. The standard InChI is InChI=1S/C18H23N3O4/c1-18(2,3)25-17(24)19-8-9-20-15(10-19)11-21(16(20)23)14-6-4-13(12-22)5-7-14/h4-7,12,15H,8-11H2,1-3H3. The number of anilines is 1. The number of urea groups is 1. The molecule has 1 aromatic rings. The molecule has 1 atom stereocenters. The highest BCUT2D eigenvalue weighted by molar-refractivity contribution is 5.95. The lowest BCUT2D eigenvalue weighted by Gasteiger charge is -2.36. The molecular formula is C18H23N3O4. The summed E-state index contributed by atoms with van der Waals surface area (Å²) in [6.07, 6.45) is 0.436. The summed E-state index contributed by atoms with van der Waals surface area (Å²) in [5, 5.41) is 0. The molecule has 0 aromatic heterocycles. The topological polar surface area (TPSA) is 70.2 Å². The Bertz CT molecular complexity index is 681. The maximum absolute atomic E-state index is 12.6. The molecule has 3 amide bonds. The Labute approximate surface area is 147 Å². The largest absolute Gasteiger partial charge is 0.444 e. The van der Waals surface area contributed by atoms with E-state index in [1.54, 1.807) is 39.0 Å². The van der Waals surface area contributed by atoms with E-state index in [9.17, 15) is 14.4 Å². The van der Waals surface area contributed by atoms with Crippen LogP contribution in [0.2, 0.25) is 0 Å². The first-order valence-electron chi connectivity index (χ1n) is 8.40. The molecule has 2 aliphatic heterocycles. The molecule has 0 bridgehead atoms. The molecule has 0 radical (unpaired) electrons. The predicted octanol–water partition coefficient (Wildman–Crippen LogP) is 2.36. The van der Waals surface area contributed by atoms with Crippen LogP contribution in [0.3, 0.4) is 0 Å². The molecule has 0 N–H and O–H groups in total. The zero-order valence-corrected chi connectivity index (χ0v) is 14.8. The van der Waals surface area contributed by atoms with Crippen molar-refractivity contribution in [3.8, 4) is 0 Å². The third-order valence-corrected chi connectivity index (χ3v) is 4.35. The average Bonchev–Trinajstić information content (AvgIpc) is 2.90.